The molecule has 1 saturated heterocycles. The first-order valence-corrected chi connectivity index (χ1v) is 6.88. The SMILES string of the molecule is CCN(CC)Cc1ccc(C2CCCN2)cc1. The molecule has 0 saturated carbocycles. The number of nitrogens with zero attached hydrogens (tertiary/aromatic N) is 1. The summed E-state index contributed by atoms with van der Waals surface area (Å²) < 4.78 is 0. The van der Waals surface area contributed by atoms with Crippen LogP contribution >= 0.6 is 0 Å². The first-order chi connectivity index (χ1) is 8.33. The molecule has 17 heavy (non-hydrogen) atoms. The molecule has 1 atom stereocenters. The van der Waals surface area contributed by atoms with Crippen LogP contribution in [0.4, 0.5) is 0 Å². The van der Waals surface area contributed by atoms with Crippen molar-refractivity contribution in [3.05, 3.63) is 35.4 Å². The molecule has 1 aromatic carbocycles. The Morgan fingerprint density at radius 2 is 1.88 bits per heavy atom. The monoisotopic (exact) mass is 232 g/mol. The summed E-state index contributed by atoms with van der Waals surface area (Å²) in [5, 5.41) is 3.55. The maximum atomic E-state index is 3.55. The van der Waals surface area contributed by atoms with Crippen LogP contribution < -0.4 is 5.32 Å². The van der Waals surface area contributed by atoms with Gasteiger partial charge < -0.3 is 5.32 Å². The van der Waals surface area contributed by atoms with Crippen LogP contribution in [0.2, 0.25) is 0 Å². The molecule has 0 radical (unpaired) electrons. The summed E-state index contributed by atoms with van der Waals surface area (Å²) in [6, 6.07) is 9.75. The van der Waals surface area contributed by atoms with Crippen molar-refractivity contribution in [2.24, 2.45) is 0 Å². The van der Waals surface area contributed by atoms with Gasteiger partial charge in [0, 0.05) is 12.6 Å². The molecule has 0 spiro atoms. The average molecular weight is 232 g/mol. The van der Waals surface area contributed by atoms with E-state index in [-0.39, 0.29) is 0 Å². The van der Waals surface area contributed by atoms with Crippen LogP contribution in [0.3, 0.4) is 0 Å². The Morgan fingerprint density at radius 1 is 1.18 bits per heavy atom. The number of benzene rings is 1. The van der Waals surface area contributed by atoms with E-state index in [2.05, 4.69) is 48.3 Å². The Balaban J connectivity index is 1.97. The largest absolute Gasteiger partial charge is 0.310 e. The van der Waals surface area contributed by atoms with Crippen LogP contribution in [0.15, 0.2) is 24.3 Å². The average Bonchev–Trinajstić information content (AvgIpc) is 2.90. The Kier molecular flexibility index (Phi) is 4.57. The van der Waals surface area contributed by atoms with Crippen LogP contribution in [0, 0.1) is 0 Å². The van der Waals surface area contributed by atoms with Crippen molar-refractivity contribution in [3.8, 4) is 0 Å². The fourth-order valence-electron chi connectivity index (χ4n) is 2.53. The summed E-state index contributed by atoms with van der Waals surface area (Å²) >= 11 is 0. The van der Waals surface area contributed by atoms with Crippen LogP contribution in [0.1, 0.15) is 43.9 Å². The predicted octanol–water partition coefficient (Wildman–Crippen LogP) is 2.95. The molecule has 1 unspecified atom stereocenters. The minimum atomic E-state index is 0.595. The molecule has 1 aliphatic heterocycles. The molecule has 1 N–H and O–H groups in total. The second-order valence-corrected chi connectivity index (χ2v) is 4.85. The highest BCUT2D eigenvalue weighted by Gasteiger charge is 2.15. The van der Waals surface area contributed by atoms with E-state index in [1.807, 2.05) is 0 Å². The van der Waals surface area contributed by atoms with E-state index in [0.717, 1.165) is 19.6 Å². The van der Waals surface area contributed by atoms with E-state index in [0.29, 0.717) is 6.04 Å². The molecule has 1 aromatic rings. The summed E-state index contributed by atoms with van der Waals surface area (Å²) in [6.45, 7) is 8.95. The van der Waals surface area contributed by atoms with Crippen LogP contribution in [0.5, 0.6) is 0 Å². The van der Waals surface area contributed by atoms with Crippen molar-refractivity contribution in [1.29, 1.82) is 0 Å². The summed E-state index contributed by atoms with van der Waals surface area (Å²) in [6.07, 6.45) is 2.60. The summed E-state index contributed by atoms with van der Waals surface area (Å²) in [5.74, 6) is 0. The quantitative estimate of drug-likeness (QED) is 0.839. The van der Waals surface area contributed by atoms with Crippen molar-refractivity contribution in [3.63, 3.8) is 0 Å². The lowest BCUT2D eigenvalue weighted by Crippen LogP contribution is -2.22. The molecular formula is C15H24N2. The molecule has 0 amide bonds. The number of hydrogen-bond acceptors (Lipinski definition) is 2. The van der Waals surface area contributed by atoms with E-state index < -0.39 is 0 Å². The van der Waals surface area contributed by atoms with Crippen molar-refractivity contribution in [2.75, 3.05) is 19.6 Å². The molecule has 2 nitrogen and oxygen atoms in total. The fourth-order valence-corrected chi connectivity index (χ4v) is 2.53. The number of rotatable bonds is 5. The van der Waals surface area contributed by atoms with Gasteiger partial charge in [0.2, 0.25) is 0 Å². The van der Waals surface area contributed by atoms with Gasteiger partial charge in [0.15, 0.2) is 0 Å². The van der Waals surface area contributed by atoms with E-state index in [1.165, 1.54) is 30.5 Å². The zero-order chi connectivity index (χ0) is 12.1. The molecule has 0 aliphatic carbocycles. The minimum Gasteiger partial charge on any atom is -0.310 e. The van der Waals surface area contributed by atoms with Crippen molar-refractivity contribution in [1.82, 2.24) is 10.2 Å². The standard InChI is InChI=1S/C15H24N2/c1-3-17(4-2)12-13-7-9-14(10-8-13)15-6-5-11-16-15/h7-10,15-16H,3-6,11-12H2,1-2H3. The van der Waals surface area contributed by atoms with Gasteiger partial charge in [-0.1, -0.05) is 38.1 Å². The smallest absolute Gasteiger partial charge is 0.0320 e. The fraction of sp³-hybridized carbons (Fsp3) is 0.600. The second kappa shape index (κ2) is 6.18. The van der Waals surface area contributed by atoms with Crippen molar-refractivity contribution < 1.29 is 0 Å². The third-order valence-electron chi connectivity index (χ3n) is 3.74. The highest BCUT2D eigenvalue weighted by molar-refractivity contribution is 5.25. The second-order valence-electron chi connectivity index (χ2n) is 4.85. The van der Waals surface area contributed by atoms with Gasteiger partial charge in [-0.25, -0.2) is 0 Å². The molecule has 1 fully saturated rings. The van der Waals surface area contributed by atoms with Gasteiger partial charge in [-0.2, -0.15) is 0 Å². The predicted molar refractivity (Wildman–Crippen MR) is 73.0 cm³/mol. The van der Waals surface area contributed by atoms with Gasteiger partial charge in [0.1, 0.15) is 0 Å². The Labute approximate surface area is 105 Å². The normalized spacial score (nSPS) is 20.1. The topological polar surface area (TPSA) is 15.3 Å². The minimum absolute atomic E-state index is 0.595. The molecule has 0 bridgehead atoms. The Morgan fingerprint density at radius 3 is 2.41 bits per heavy atom. The van der Waals surface area contributed by atoms with E-state index in [1.54, 1.807) is 0 Å². The van der Waals surface area contributed by atoms with Gasteiger partial charge >= 0.3 is 0 Å². The highest BCUT2D eigenvalue weighted by atomic mass is 15.1. The first kappa shape index (κ1) is 12.6. The molecule has 94 valence electrons. The lowest BCUT2D eigenvalue weighted by Gasteiger charge is -2.18. The third-order valence-corrected chi connectivity index (χ3v) is 3.74. The zero-order valence-corrected chi connectivity index (χ0v) is 11.1. The van der Waals surface area contributed by atoms with Gasteiger partial charge in [-0.3, -0.25) is 4.90 Å². The van der Waals surface area contributed by atoms with Crippen molar-refractivity contribution in [2.45, 2.75) is 39.3 Å². The highest BCUT2D eigenvalue weighted by Crippen LogP contribution is 2.23. The number of nitrogens with one attached hydrogen (secondary N) is 1. The van der Waals surface area contributed by atoms with E-state index >= 15 is 0 Å². The zero-order valence-electron chi connectivity index (χ0n) is 11.1. The first-order valence-electron chi connectivity index (χ1n) is 6.88. The van der Waals surface area contributed by atoms with Gasteiger partial charge in [-0.05, 0) is 43.6 Å². The maximum absolute atomic E-state index is 3.55. The van der Waals surface area contributed by atoms with E-state index in [4.69, 9.17) is 0 Å². The van der Waals surface area contributed by atoms with Crippen LogP contribution in [-0.4, -0.2) is 24.5 Å². The third kappa shape index (κ3) is 3.30. The molecule has 1 aliphatic rings. The van der Waals surface area contributed by atoms with Gasteiger partial charge in [-0.15, -0.1) is 0 Å². The molecule has 2 heteroatoms. The summed E-state index contributed by atoms with van der Waals surface area (Å²) in [5.41, 5.74) is 2.88. The summed E-state index contributed by atoms with van der Waals surface area (Å²) in [4.78, 5) is 2.45. The van der Waals surface area contributed by atoms with Crippen molar-refractivity contribution >= 4 is 0 Å². The van der Waals surface area contributed by atoms with Gasteiger partial charge in [0.05, 0.1) is 0 Å². The van der Waals surface area contributed by atoms with Gasteiger partial charge in [0.25, 0.3) is 0 Å². The van der Waals surface area contributed by atoms with Crippen LogP contribution in [-0.2, 0) is 6.54 Å². The lowest BCUT2D eigenvalue weighted by molar-refractivity contribution is 0.296. The number of hydrogen-bond donors (Lipinski definition) is 1. The Bertz CT molecular complexity index is 321. The Hall–Kier alpha value is -0.860. The maximum Gasteiger partial charge on any atom is 0.0320 e. The van der Waals surface area contributed by atoms with Crippen LogP contribution in [0.25, 0.3) is 0 Å². The van der Waals surface area contributed by atoms with E-state index in [9.17, 15) is 0 Å². The summed E-state index contributed by atoms with van der Waals surface area (Å²) in [7, 11) is 0. The molecule has 2 rings (SSSR count). The molecule has 1 heterocycles. The molecule has 0 aromatic heterocycles. The lowest BCUT2D eigenvalue weighted by atomic mass is 10.0. The molecular weight excluding hydrogens is 208 g/mol.